The predicted octanol–water partition coefficient (Wildman–Crippen LogP) is 4.15. The first-order chi connectivity index (χ1) is 12.5. The van der Waals surface area contributed by atoms with Crippen molar-refractivity contribution in [3.05, 3.63) is 52.4 Å². The molecule has 2 aromatic heterocycles. The van der Waals surface area contributed by atoms with E-state index in [-0.39, 0.29) is 5.91 Å². The third kappa shape index (κ3) is 3.99. The van der Waals surface area contributed by atoms with E-state index in [0.717, 1.165) is 27.7 Å². The molecule has 0 atom stereocenters. The first kappa shape index (κ1) is 18.3. The van der Waals surface area contributed by atoms with Crippen LogP contribution in [0.3, 0.4) is 0 Å². The van der Waals surface area contributed by atoms with Crippen molar-refractivity contribution >= 4 is 17.2 Å². The second-order valence-corrected chi connectivity index (χ2v) is 7.49. The minimum atomic E-state index is -0.0638. The number of aryl methyl sites for hydroxylation is 1. The number of carbonyl (C=O) groups excluding carboxylic acids is 1. The van der Waals surface area contributed by atoms with Crippen molar-refractivity contribution < 1.29 is 9.32 Å². The summed E-state index contributed by atoms with van der Waals surface area (Å²) in [5.41, 5.74) is 2.49. The maximum Gasteiger partial charge on any atom is 0.254 e. The lowest BCUT2D eigenvalue weighted by Crippen LogP contribution is -2.25. The lowest BCUT2D eigenvalue weighted by atomic mass is 10.1. The topological polar surface area (TPSA) is 72.1 Å². The maximum atomic E-state index is 12.6. The minimum Gasteiger partial charge on any atom is -0.359 e. The molecule has 0 N–H and O–H groups in total. The summed E-state index contributed by atoms with van der Waals surface area (Å²) in [4.78, 5) is 14.2. The Morgan fingerprint density at radius 1 is 1.23 bits per heavy atom. The van der Waals surface area contributed by atoms with E-state index in [0.29, 0.717) is 23.8 Å². The van der Waals surface area contributed by atoms with Crippen LogP contribution >= 0.6 is 11.3 Å². The van der Waals surface area contributed by atoms with Crippen LogP contribution in [0.1, 0.15) is 53.5 Å². The summed E-state index contributed by atoms with van der Waals surface area (Å²) in [7, 11) is 1.75. The fraction of sp³-hybridized carbons (Fsp3) is 0.368. The number of hydrogen-bond donors (Lipinski definition) is 0. The number of carbonyl (C=O) groups is 1. The first-order valence-corrected chi connectivity index (χ1v) is 9.43. The average molecular weight is 370 g/mol. The van der Waals surface area contributed by atoms with Gasteiger partial charge < -0.3 is 9.42 Å². The van der Waals surface area contributed by atoms with E-state index >= 15 is 0 Å². The molecule has 136 valence electrons. The Morgan fingerprint density at radius 2 is 1.96 bits per heavy atom. The van der Waals surface area contributed by atoms with Gasteiger partial charge in [-0.25, -0.2) is 0 Å². The number of amides is 1. The zero-order valence-electron chi connectivity index (χ0n) is 15.4. The Hall–Kier alpha value is -2.54. The van der Waals surface area contributed by atoms with Crippen molar-refractivity contribution in [2.45, 2.75) is 39.7 Å². The normalized spacial score (nSPS) is 11.1. The van der Waals surface area contributed by atoms with Crippen LogP contribution in [0, 0.1) is 0 Å². The first-order valence-electron chi connectivity index (χ1n) is 8.61. The van der Waals surface area contributed by atoms with Crippen LogP contribution in [0.2, 0.25) is 0 Å². The van der Waals surface area contributed by atoms with E-state index in [1.807, 2.05) is 37.3 Å². The molecule has 0 aliphatic heterocycles. The quantitative estimate of drug-likeness (QED) is 0.652. The van der Waals surface area contributed by atoms with E-state index < -0.39 is 0 Å². The molecule has 0 aliphatic rings. The van der Waals surface area contributed by atoms with Gasteiger partial charge in [-0.1, -0.05) is 49.4 Å². The Bertz CT molecular complexity index is 883. The van der Waals surface area contributed by atoms with E-state index in [4.69, 9.17) is 4.52 Å². The van der Waals surface area contributed by atoms with Crippen molar-refractivity contribution in [1.29, 1.82) is 0 Å². The van der Waals surface area contributed by atoms with E-state index in [1.165, 1.54) is 0 Å². The van der Waals surface area contributed by atoms with Crippen LogP contribution in [-0.2, 0) is 13.0 Å². The largest absolute Gasteiger partial charge is 0.359 e. The van der Waals surface area contributed by atoms with Gasteiger partial charge >= 0.3 is 0 Å². The molecule has 26 heavy (non-hydrogen) atoms. The maximum absolute atomic E-state index is 12.6. The molecule has 0 aliphatic carbocycles. The van der Waals surface area contributed by atoms with E-state index in [9.17, 15) is 4.79 Å². The number of aromatic nitrogens is 3. The molecule has 2 heterocycles. The van der Waals surface area contributed by atoms with Crippen molar-refractivity contribution in [1.82, 2.24) is 20.3 Å². The third-order valence-corrected chi connectivity index (χ3v) is 5.30. The van der Waals surface area contributed by atoms with Crippen LogP contribution in [0.15, 0.2) is 34.9 Å². The fourth-order valence-corrected chi connectivity index (χ4v) is 3.31. The highest BCUT2D eigenvalue weighted by Crippen LogP contribution is 2.27. The van der Waals surface area contributed by atoms with Crippen LogP contribution in [-0.4, -0.2) is 33.2 Å². The molecular weight excluding hydrogens is 348 g/mol. The standard InChI is InChI=1S/C19H22N4O2S/c1-5-15-10-16(25-22-15)11-23(4)19(24)14-8-6-13(7-9-14)18-21-20-17(26-18)12(2)3/h6-10,12H,5,11H2,1-4H3. The Labute approximate surface area is 156 Å². The van der Waals surface area contributed by atoms with Crippen molar-refractivity contribution in [2.24, 2.45) is 0 Å². The zero-order valence-corrected chi connectivity index (χ0v) is 16.2. The number of benzene rings is 1. The summed E-state index contributed by atoms with van der Waals surface area (Å²) in [5, 5.41) is 14.3. The van der Waals surface area contributed by atoms with Crippen LogP contribution < -0.4 is 0 Å². The van der Waals surface area contributed by atoms with Crippen molar-refractivity contribution in [3.63, 3.8) is 0 Å². The summed E-state index contributed by atoms with van der Waals surface area (Å²) < 4.78 is 5.25. The van der Waals surface area contributed by atoms with Gasteiger partial charge in [0.1, 0.15) is 10.0 Å². The molecule has 0 spiro atoms. The van der Waals surface area contributed by atoms with Gasteiger partial charge in [0.25, 0.3) is 5.91 Å². The molecule has 1 amide bonds. The lowest BCUT2D eigenvalue weighted by molar-refractivity contribution is 0.0772. The van der Waals surface area contributed by atoms with Gasteiger partial charge in [-0.2, -0.15) is 0 Å². The van der Waals surface area contributed by atoms with Crippen LogP contribution in [0.4, 0.5) is 0 Å². The molecule has 6 nitrogen and oxygen atoms in total. The lowest BCUT2D eigenvalue weighted by Gasteiger charge is -2.15. The fourth-order valence-electron chi connectivity index (χ4n) is 2.46. The van der Waals surface area contributed by atoms with Crippen LogP contribution in [0.5, 0.6) is 0 Å². The summed E-state index contributed by atoms with van der Waals surface area (Å²) in [6.07, 6.45) is 0.812. The minimum absolute atomic E-state index is 0.0638. The van der Waals surface area contributed by atoms with Gasteiger partial charge in [0.2, 0.25) is 0 Å². The second kappa shape index (κ2) is 7.78. The summed E-state index contributed by atoms with van der Waals surface area (Å²) in [6, 6.07) is 9.35. The summed E-state index contributed by atoms with van der Waals surface area (Å²) in [6.45, 7) is 6.60. The molecule has 0 bridgehead atoms. The number of nitrogens with zero attached hydrogens (tertiary/aromatic N) is 4. The second-order valence-electron chi connectivity index (χ2n) is 6.48. The van der Waals surface area contributed by atoms with Crippen LogP contribution in [0.25, 0.3) is 10.6 Å². The van der Waals surface area contributed by atoms with Gasteiger partial charge in [-0.05, 0) is 18.6 Å². The highest BCUT2D eigenvalue weighted by atomic mass is 32.1. The molecule has 3 aromatic rings. The Kier molecular flexibility index (Phi) is 5.46. The van der Waals surface area contributed by atoms with Gasteiger partial charge in [0, 0.05) is 30.2 Å². The number of rotatable bonds is 6. The van der Waals surface area contributed by atoms with Gasteiger partial charge in [-0.3, -0.25) is 4.79 Å². The highest BCUT2D eigenvalue weighted by molar-refractivity contribution is 7.14. The molecule has 0 unspecified atom stereocenters. The van der Waals surface area contributed by atoms with Crippen molar-refractivity contribution in [2.75, 3.05) is 7.05 Å². The molecule has 1 aromatic carbocycles. The summed E-state index contributed by atoms with van der Waals surface area (Å²) in [5.74, 6) is 0.982. The SMILES string of the molecule is CCc1cc(CN(C)C(=O)c2ccc(-c3nnc(C(C)C)s3)cc2)on1. The van der Waals surface area contributed by atoms with E-state index in [1.54, 1.807) is 23.3 Å². The molecular formula is C19H22N4O2S. The Balaban J connectivity index is 1.69. The molecule has 0 fully saturated rings. The molecule has 7 heteroatoms. The number of hydrogen-bond acceptors (Lipinski definition) is 6. The van der Waals surface area contributed by atoms with E-state index in [2.05, 4.69) is 29.2 Å². The highest BCUT2D eigenvalue weighted by Gasteiger charge is 2.15. The smallest absolute Gasteiger partial charge is 0.254 e. The molecule has 0 radical (unpaired) electrons. The Morgan fingerprint density at radius 3 is 2.54 bits per heavy atom. The predicted molar refractivity (Wildman–Crippen MR) is 101 cm³/mol. The molecule has 3 rings (SSSR count). The average Bonchev–Trinajstić information content (AvgIpc) is 3.30. The molecule has 0 saturated carbocycles. The monoisotopic (exact) mass is 370 g/mol. The van der Waals surface area contributed by atoms with Gasteiger partial charge in [-0.15, -0.1) is 10.2 Å². The van der Waals surface area contributed by atoms with Gasteiger partial charge in [0.05, 0.1) is 12.2 Å². The summed E-state index contributed by atoms with van der Waals surface area (Å²) >= 11 is 1.58. The third-order valence-electron chi connectivity index (χ3n) is 4.02. The zero-order chi connectivity index (χ0) is 18.7. The van der Waals surface area contributed by atoms with Crippen molar-refractivity contribution in [3.8, 4) is 10.6 Å². The molecule has 0 saturated heterocycles. The van der Waals surface area contributed by atoms with Gasteiger partial charge in [0.15, 0.2) is 5.76 Å².